The van der Waals surface area contributed by atoms with E-state index in [1.807, 2.05) is 4.90 Å². The molecule has 1 unspecified atom stereocenters. The van der Waals surface area contributed by atoms with Gasteiger partial charge in [-0.25, -0.2) is 18.4 Å². The summed E-state index contributed by atoms with van der Waals surface area (Å²) in [6, 6.07) is 4.98. The van der Waals surface area contributed by atoms with E-state index >= 15 is 0 Å². The van der Waals surface area contributed by atoms with Gasteiger partial charge in [-0.1, -0.05) is 12.8 Å². The van der Waals surface area contributed by atoms with Crippen molar-refractivity contribution in [1.29, 1.82) is 0 Å². The molecular weight excluding hydrogens is 364 g/mol. The van der Waals surface area contributed by atoms with Gasteiger partial charge in [0, 0.05) is 36.7 Å². The van der Waals surface area contributed by atoms with E-state index in [2.05, 4.69) is 15.3 Å². The van der Waals surface area contributed by atoms with Crippen molar-refractivity contribution in [3.63, 3.8) is 0 Å². The zero-order valence-corrected chi connectivity index (χ0v) is 16.2. The maximum atomic E-state index is 12.6. The highest BCUT2D eigenvalue weighted by Crippen LogP contribution is 2.29. The molecule has 1 N–H and O–H groups in total. The zero-order chi connectivity index (χ0) is 19.0. The third-order valence-corrected chi connectivity index (χ3v) is 6.69. The monoisotopic (exact) mass is 388 g/mol. The molecule has 2 heterocycles. The van der Waals surface area contributed by atoms with Crippen LogP contribution < -0.4 is 5.32 Å². The second kappa shape index (κ2) is 7.07. The third kappa shape index (κ3) is 3.76. The van der Waals surface area contributed by atoms with Gasteiger partial charge < -0.3 is 10.2 Å². The van der Waals surface area contributed by atoms with E-state index in [9.17, 15) is 13.2 Å². The lowest BCUT2D eigenvalue weighted by atomic mass is 10.1. The van der Waals surface area contributed by atoms with Crippen molar-refractivity contribution in [3.05, 3.63) is 24.5 Å². The quantitative estimate of drug-likeness (QED) is 0.864. The number of carbonyl (C=O) groups is 1. The van der Waals surface area contributed by atoms with Gasteiger partial charge in [0.15, 0.2) is 9.84 Å². The van der Waals surface area contributed by atoms with Crippen molar-refractivity contribution in [2.24, 2.45) is 5.92 Å². The summed E-state index contributed by atoms with van der Waals surface area (Å²) in [7, 11) is -3.30. The fourth-order valence-electron chi connectivity index (χ4n) is 4.08. The number of nitrogens with one attached hydrogen (secondary N) is 1. The molecule has 4 rings (SSSR count). The highest BCUT2D eigenvalue weighted by molar-refractivity contribution is 7.90. The number of rotatable bonds is 4. The predicted octanol–water partition coefficient (Wildman–Crippen LogP) is 2.24. The van der Waals surface area contributed by atoms with Gasteiger partial charge in [0.05, 0.1) is 10.4 Å². The first-order valence-electron chi connectivity index (χ1n) is 9.42. The molecule has 1 aromatic heterocycles. The number of aromatic nitrogens is 2. The predicted molar refractivity (Wildman–Crippen MR) is 103 cm³/mol. The molecule has 1 atom stereocenters. The third-order valence-electron chi connectivity index (χ3n) is 5.58. The number of nitrogens with zero attached hydrogens (tertiary/aromatic N) is 3. The molecule has 1 saturated carbocycles. The van der Waals surface area contributed by atoms with Gasteiger partial charge in [0.1, 0.15) is 12.1 Å². The Morgan fingerprint density at radius 3 is 2.70 bits per heavy atom. The van der Waals surface area contributed by atoms with Crippen LogP contribution in [0, 0.1) is 5.92 Å². The SMILES string of the molecule is CS(=O)(=O)c1ccc2ncnc(NC3CCN(C(=O)C4CCCC4)C3)c2c1. The van der Waals surface area contributed by atoms with Gasteiger partial charge in [0.25, 0.3) is 0 Å². The van der Waals surface area contributed by atoms with Crippen LogP contribution in [0.2, 0.25) is 0 Å². The lowest BCUT2D eigenvalue weighted by Crippen LogP contribution is -2.35. The second-order valence-electron chi connectivity index (χ2n) is 7.57. The van der Waals surface area contributed by atoms with Gasteiger partial charge in [-0.15, -0.1) is 0 Å². The lowest BCUT2D eigenvalue weighted by Gasteiger charge is -2.21. The van der Waals surface area contributed by atoms with E-state index in [4.69, 9.17) is 0 Å². The number of likely N-dealkylation sites (tertiary alicyclic amines) is 1. The van der Waals surface area contributed by atoms with E-state index < -0.39 is 9.84 Å². The van der Waals surface area contributed by atoms with Crippen LogP contribution in [-0.4, -0.2) is 54.6 Å². The van der Waals surface area contributed by atoms with E-state index in [0.29, 0.717) is 23.3 Å². The molecule has 2 aromatic rings. The highest BCUT2D eigenvalue weighted by Gasteiger charge is 2.32. The molecule has 0 bridgehead atoms. The van der Waals surface area contributed by atoms with Gasteiger partial charge in [-0.2, -0.15) is 0 Å². The van der Waals surface area contributed by atoms with Crippen LogP contribution in [0.3, 0.4) is 0 Å². The summed E-state index contributed by atoms with van der Waals surface area (Å²) in [5.74, 6) is 1.09. The first-order chi connectivity index (χ1) is 12.9. The van der Waals surface area contributed by atoms with E-state index in [-0.39, 0.29) is 22.8 Å². The fourth-order valence-corrected chi connectivity index (χ4v) is 4.73. The molecule has 8 heteroatoms. The molecular formula is C19H24N4O3S. The van der Waals surface area contributed by atoms with Crippen LogP contribution in [0.4, 0.5) is 5.82 Å². The molecule has 1 aromatic carbocycles. The van der Waals surface area contributed by atoms with Crippen LogP contribution in [-0.2, 0) is 14.6 Å². The molecule has 0 spiro atoms. The van der Waals surface area contributed by atoms with Crippen molar-refractivity contribution in [3.8, 4) is 0 Å². The van der Waals surface area contributed by atoms with Crippen LogP contribution in [0.15, 0.2) is 29.4 Å². The number of amides is 1. The van der Waals surface area contributed by atoms with Crippen molar-refractivity contribution in [1.82, 2.24) is 14.9 Å². The first kappa shape index (κ1) is 18.2. The Hall–Kier alpha value is -2.22. The number of anilines is 1. The average Bonchev–Trinajstić information content (AvgIpc) is 3.32. The average molecular weight is 388 g/mol. The fraction of sp³-hybridized carbons (Fsp3) is 0.526. The van der Waals surface area contributed by atoms with E-state index in [1.165, 1.54) is 12.6 Å². The van der Waals surface area contributed by atoms with Crippen molar-refractivity contribution < 1.29 is 13.2 Å². The molecule has 0 radical (unpaired) electrons. The van der Waals surface area contributed by atoms with Crippen molar-refractivity contribution >= 4 is 32.5 Å². The normalized spacial score (nSPS) is 21.1. The zero-order valence-electron chi connectivity index (χ0n) is 15.4. The Morgan fingerprint density at radius 2 is 1.96 bits per heavy atom. The number of fused-ring (bicyclic) bond motifs is 1. The Morgan fingerprint density at radius 1 is 1.19 bits per heavy atom. The number of hydrogen-bond donors (Lipinski definition) is 1. The minimum absolute atomic E-state index is 0.107. The molecule has 1 aliphatic carbocycles. The molecule has 2 fully saturated rings. The van der Waals surface area contributed by atoms with Crippen molar-refractivity contribution in [2.45, 2.75) is 43.0 Å². The van der Waals surface area contributed by atoms with Gasteiger partial charge in [0.2, 0.25) is 5.91 Å². The molecule has 27 heavy (non-hydrogen) atoms. The highest BCUT2D eigenvalue weighted by atomic mass is 32.2. The number of carbonyl (C=O) groups excluding carboxylic acids is 1. The summed E-state index contributed by atoms with van der Waals surface area (Å²) < 4.78 is 23.7. The van der Waals surface area contributed by atoms with Crippen LogP contribution in [0.5, 0.6) is 0 Å². The van der Waals surface area contributed by atoms with Crippen LogP contribution >= 0.6 is 0 Å². The van der Waals surface area contributed by atoms with Crippen molar-refractivity contribution in [2.75, 3.05) is 24.7 Å². The van der Waals surface area contributed by atoms with E-state index in [0.717, 1.165) is 38.6 Å². The maximum Gasteiger partial charge on any atom is 0.225 e. The Kier molecular flexibility index (Phi) is 4.75. The molecule has 2 aliphatic rings. The van der Waals surface area contributed by atoms with Crippen LogP contribution in [0.1, 0.15) is 32.1 Å². The Labute approximate surface area is 159 Å². The van der Waals surface area contributed by atoms with Gasteiger partial charge in [-0.05, 0) is 37.5 Å². The minimum atomic E-state index is -3.30. The standard InChI is InChI=1S/C19H24N4O3S/c1-27(25,26)15-6-7-17-16(10-15)18(21-12-20-17)22-14-8-9-23(11-14)19(24)13-4-2-3-5-13/h6-7,10,12-14H,2-5,8-9,11H2,1H3,(H,20,21,22). The molecule has 1 amide bonds. The first-order valence-corrected chi connectivity index (χ1v) is 11.3. The lowest BCUT2D eigenvalue weighted by molar-refractivity contribution is -0.134. The van der Waals surface area contributed by atoms with E-state index in [1.54, 1.807) is 18.2 Å². The molecule has 1 aliphatic heterocycles. The number of benzene rings is 1. The summed E-state index contributed by atoms with van der Waals surface area (Å²) in [6.07, 6.45) is 7.85. The molecule has 7 nitrogen and oxygen atoms in total. The largest absolute Gasteiger partial charge is 0.365 e. The summed E-state index contributed by atoms with van der Waals surface area (Å²) in [4.78, 5) is 23.4. The smallest absolute Gasteiger partial charge is 0.225 e. The topological polar surface area (TPSA) is 92.3 Å². The second-order valence-corrected chi connectivity index (χ2v) is 9.58. The molecule has 1 saturated heterocycles. The summed E-state index contributed by atoms with van der Waals surface area (Å²) in [5, 5.41) is 4.08. The number of sulfone groups is 1. The molecule has 144 valence electrons. The minimum Gasteiger partial charge on any atom is -0.365 e. The summed E-state index contributed by atoms with van der Waals surface area (Å²) in [6.45, 7) is 1.41. The Balaban J connectivity index is 1.52. The Bertz CT molecular complexity index is 970. The van der Waals surface area contributed by atoms with Crippen LogP contribution in [0.25, 0.3) is 10.9 Å². The maximum absolute atomic E-state index is 12.6. The van der Waals surface area contributed by atoms with Gasteiger partial charge in [-0.3, -0.25) is 4.79 Å². The summed E-state index contributed by atoms with van der Waals surface area (Å²) in [5.41, 5.74) is 0.691. The van der Waals surface area contributed by atoms with Gasteiger partial charge >= 0.3 is 0 Å². The number of hydrogen-bond acceptors (Lipinski definition) is 6. The summed E-state index contributed by atoms with van der Waals surface area (Å²) >= 11 is 0.